The summed E-state index contributed by atoms with van der Waals surface area (Å²) in [5, 5.41) is 89.9. The van der Waals surface area contributed by atoms with Gasteiger partial charge in [0.15, 0.2) is 0 Å². The zero-order chi connectivity index (χ0) is 39.6. The van der Waals surface area contributed by atoms with Crippen LogP contribution in [0.3, 0.4) is 0 Å². The fourth-order valence-electron chi connectivity index (χ4n) is 2.03. The van der Waals surface area contributed by atoms with Crippen molar-refractivity contribution in [3.8, 4) is 5.75 Å². The number of aliphatic carboxylic acids is 9. The maximum Gasteiger partial charge on any atom is 2.00 e. The van der Waals surface area contributed by atoms with Crippen LogP contribution in [0.4, 0.5) is 0 Å². The first-order valence-corrected chi connectivity index (χ1v) is 12.7. The number of nitrogens with two attached hydrogens (primary N) is 5. The topological polar surface area (TPSA) is 500 Å². The Bertz CT molecular complexity index is 1150. The van der Waals surface area contributed by atoms with Gasteiger partial charge in [0, 0.05) is 49.6 Å². The van der Waals surface area contributed by atoms with Gasteiger partial charge in [-0.3, -0.25) is 24.0 Å². The molecule has 1 aromatic carbocycles. The van der Waals surface area contributed by atoms with Crippen molar-refractivity contribution in [1.82, 2.24) is 0 Å². The van der Waals surface area contributed by atoms with Crippen molar-refractivity contribution in [2.24, 2.45) is 28.7 Å². The Morgan fingerprint density at radius 2 is 0.680 bits per heavy atom. The molecule has 5 atom stereocenters. The summed E-state index contributed by atoms with van der Waals surface area (Å²) in [6.07, 6.45) is -2.33. The minimum atomic E-state index is -1.45. The van der Waals surface area contributed by atoms with Crippen molar-refractivity contribution in [1.29, 1.82) is 0 Å². The van der Waals surface area contributed by atoms with E-state index < -0.39 is 110 Å². The van der Waals surface area contributed by atoms with Gasteiger partial charge < -0.3 is 98.9 Å². The van der Waals surface area contributed by atoms with E-state index in [1.807, 2.05) is 0 Å². The molecule has 0 unspecified atom stereocenters. The Morgan fingerprint density at radius 1 is 0.480 bits per heavy atom. The molecule has 278 valence electrons. The second-order valence-corrected chi connectivity index (χ2v) is 8.88. The molecule has 50 heavy (non-hydrogen) atoms. The summed E-state index contributed by atoms with van der Waals surface area (Å²) in [7, 11) is 0. The standard InChI is InChI=1S/C9H11NO3.4C4H7NO4.Ca/c10-8(9(12)13)5-6-1-3-7(11)4-2-6;4*5-2(4(8)9)1-3(6)7;/h1-4,8,11H,5,10H2,(H,12,13);4*2H,1,5H2,(H,6,7)(H,8,9);/q;;;;;+2/p-2/t8-;4*2-;/m00000./s1. The molecule has 0 amide bonds. The van der Waals surface area contributed by atoms with E-state index in [4.69, 9.17) is 54.2 Å². The van der Waals surface area contributed by atoms with Crippen LogP contribution in [0, 0.1) is 0 Å². The van der Waals surface area contributed by atoms with E-state index in [1.165, 1.54) is 12.1 Å². The molecular weight excluding hydrogens is 714 g/mol. The summed E-state index contributed by atoms with van der Waals surface area (Å²) >= 11 is 0. The van der Waals surface area contributed by atoms with Crippen molar-refractivity contribution in [2.45, 2.75) is 62.3 Å². The average molecular weight is 752 g/mol. The Morgan fingerprint density at radius 3 is 0.820 bits per heavy atom. The average Bonchev–Trinajstić information content (AvgIpc) is 2.94. The summed E-state index contributed by atoms with van der Waals surface area (Å²) in [6, 6.07) is -0.350. The Labute approximate surface area is 315 Å². The molecule has 24 nitrogen and oxygen atoms in total. The molecule has 0 aliphatic carbocycles. The molecule has 0 aliphatic heterocycles. The van der Waals surface area contributed by atoms with Crippen molar-refractivity contribution in [2.75, 3.05) is 0 Å². The van der Waals surface area contributed by atoms with Gasteiger partial charge in [0.25, 0.3) is 0 Å². The number of benzene rings is 1. The summed E-state index contributed by atoms with van der Waals surface area (Å²) in [5.41, 5.74) is 25.3. The second kappa shape index (κ2) is 30.4. The minimum Gasteiger partial charge on any atom is -0.872 e. The van der Waals surface area contributed by atoms with Gasteiger partial charge in [-0.25, -0.2) is 0 Å². The van der Waals surface area contributed by atoms with Crippen molar-refractivity contribution >= 4 is 91.5 Å². The third-order valence-electron chi connectivity index (χ3n) is 4.51. The normalized spacial score (nSPS) is 12.3. The van der Waals surface area contributed by atoms with Gasteiger partial charge in [-0.2, -0.15) is 0 Å². The van der Waals surface area contributed by atoms with E-state index in [0.717, 1.165) is 5.56 Å². The molecule has 0 heterocycles. The molecule has 0 spiro atoms. The number of carboxylic acid groups (broad SMARTS) is 9. The number of rotatable bonds is 15. The predicted molar refractivity (Wildman–Crippen MR) is 155 cm³/mol. The van der Waals surface area contributed by atoms with Crippen LogP contribution >= 0.6 is 0 Å². The van der Waals surface area contributed by atoms with Crippen LogP contribution in [-0.4, -0.2) is 147 Å². The minimum absolute atomic E-state index is 0. The van der Waals surface area contributed by atoms with Gasteiger partial charge in [-0.1, -0.05) is 24.3 Å². The quantitative estimate of drug-likeness (QED) is 0.0743. The van der Waals surface area contributed by atoms with E-state index in [2.05, 4.69) is 0 Å². The van der Waals surface area contributed by atoms with Crippen molar-refractivity contribution < 1.29 is 98.5 Å². The van der Waals surface area contributed by atoms with E-state index >= 15 is 0 Å². The molecule has 0 bridgehead atoms. The van der Waals surface area contributed by atoms with Crippen LogP contribution < -0.4 is 54.2 Å². The first-order valence-electron chi connectivity index (χ1n) is 12.7. The van der Waals surface area contributed by atoms with E-state index in [0.29, 0.717) is 0 Å². The van der Waals surface area contributed by atoms with E-state index in [1.54, 1.807) is 12.1 Å². The number of carbonyl (C=O) groups excluding carboxylic acids is 4. The first-order chi connectivity index (χ1) is 22.2. The molecule has 0 saturated carbocycles. The molecule has 25 heteroatoms. The summed E-state index contributed by atoms with van der Waals surface area (Å²) in [6.45, 7) is 0. The largest absolute Gasteiger partial charge is 2.00 e. The van der Waals surface area contributed by atoms with Gasteiger partial charge in [0.1, 0.15) is 30.2 Å². The Balaban J connectivity index is -0.0000000789. The van der Waals surface area contributed by atoms with Crippen LogP contribution in [0.1, 0.15) is 35.5 Å². The number of carboxylic acids is 9. The third-order valence-corrected chi connectivity index (χ3v) is 4.51. The molecule has 1 aromatic rings. The van der Waals surface area contributed by atoms with Gasteiger partial charge >= 0.3 is 71.9 Å². The molecular formula is C25H37CaN5O19. The van der Waals surface area contributed by atoms with Gasteiger partial charge in [-0.05, 0) is 12.0 Å². The molecule has 1 rings (SSSR count). The molecule has 0 aromatic heterocycles. The fraction of sp³-hybridized carbons (Fsp3) is 0.400. The summed E-state index contributed by atoms with van der Waals surface area (Å²) in [5.74, 6) is -12.3. The van der Waals surface area contributed by atoms with E-state index in [9.17, 15) is 68.7 Å². The first kappa shape index (κ1) is 54.7. The molecule has 0 saturated heterocycles. The summed E-state index contributed by atoms with van der Waals surface area (Å²) < 4.78 is 0. The van der Waals surface area contributed by atoms with Crippen LogP contribution in [0.2, 0.25) is 0 Å². The SMILES string of the molecule is N[C@@H](CC(=O)[O-])C(=O)O.N[C@@H](CC(=O)[O-])C(=O)O.N[C@@H](CC(=O)[O-])C(=O)O.N[C@@H](CC(=O)[O-])C(=O)O.N[C@@H](Cc1ccc([O-])cc1)C(=O)O.[Ca+2].[H+].[H+].[H+]. The Hall–Kier alpha value is -4.69. The Kier molecular flexibility index (Phi) is 33.3. The number of hydrogen-bond donors (Lipinski definition) is 10. The number of carbonyl (C=O) groups is 9. The van der Waals surface area contributed by atoms with Crippen LogP contribution in [0.5, 0.6) is 5.75 Å². The maximum atomic E-state index is 10.7. The van der Waals surface area contributed by atoms with Crippen LogP contribution in [0.25, 0.3) is 0 Å². The zero-order valence-electron chi connectivity index (χ0n) is 28.8. The van der Waals surface area contributed by atoms with Crippen molar-refractivity contribution in [3.63, 3.8) is 0 Å². The predicted octanol–water partition coefficient (Wildman–Crippen LogP) is -10.2. The van der Waals surface area contributed by atoms with Gasteiger partial charge in [0.2, 0.25) is 0 Å². The molecule has 0 radical (unpaired) electrons. The fourth-order valence-corrected chi connectivity index (χ4v) is 2.03. The monoisotopic (exact) mass is 751 g/mol. The van der Waals surface area contributed by atoms with Crippen LogP contribution in [0.15, 0.2) is 24.3 Å². The number of hydrogen-bond acceptors (Lipinski definition) is 19. The summed E-state index contributed by atoms with van der Waals surface area (Å²) in [4.78, 5) is 88.3. The van der Waals surface area contributed by atoms with Crippen molar-refractivity contribution in [3.05, 3.63) is 29.8 Å². The molecule has 15 N–H and O–H groups in total. The third kappa shape index (κ3) is 37.8. The van der Waals surface area contributed by atoms with E-state index in [-0.39, 0.29) is 54.2 Å². The van der Waals surface area contributed by atoms with Gasteiger partial charge in [0.05, 0.1) is 0 Å². The van der Waals surface area contributed by atoms with Gasteiger partial charge in [-0.15, -0.1) is 5.75 Å². The second-order valence-electron chi connectivity index (χ2n) is 8.88. The zero-order valence-corrected chi connectivity index (χ0v) is 28.0. The molecule has 0 fully saturated rings. The maximum absolute atomic E-state index is 10.7. The smallest absolute Gasteiger partial charge is 0.872 e. The molecule has 0 aliphatic rings. The van der Waals surface area contributed by atoms with Crippen LogP contribution in [-0.2, 0) is 49.6 Å².